The normalized spacial score (nSPS) is 15.1. The van der Waals surface area contributed by atoms with Gasteiger partial charge in [-0.25, -0.2) is 4.68 Å². The third-order valence-corrected chi connectivity index (χ3v) is 4.45. The average molecular weight is 312 g/mol. The fraction of sp³-hybridized carbons (Fsp3) is 0.417. The van der Waals surface area contributed by atoms with Crippen molar-refractivity contribution in [3.63, 3.8) is 0 Å². The zero-order valence-electron chi connectivity index (χ0n) is 10.9. The van der Waals surface area contributed by atoms with Crippen molar-refractivity contribution in [1.82, 2.24) is 25.2 Å². The van der Waals surface area contributed by atoms with Gasteiger partial charge in [0, 0.05) is 25.0 Å². The summed E-state index contributed by atoms with van der Waals surface area (Å²) in [4.78, 5) is 14.9. The Balaban J connectivity index is 1.66. The van der Waals surface area contributed by atoms with Gasteiger partial charge in [0.15, 0.2) is 5.69 Å². The summed E-state index contributed by atoms with van der Waals surface area (Å²) < 4.78 is 2.48. The summed E-state index contributed by atoms with van der Waals surface area (Å²) >= 11 is 7.36. The van der Waals surface area contributed by atoms with E-state index in [0.29, 0.717) is 18.3 Å². The van der Waals surface area contributed by atoms with Crippen molar-refractivity contribution in [2.24, 2.45) is 0 Å². The number of carbonyl (C=O) groups is 1. The molecule has 106 valence electrons. The molecular formula is C12H14ClN5OS. The number of thiophene rings is 1. The first kappa shape index (κ1) is 13.5. The Labute approximate surface area is 125 Å². The number of aromatic nitrogens is 3. The van der Waals surface area contributed by atoms with Gasteiger partial charge in [-0.15, -0.1) is 16.4 Å². The first-order chi connectivity index (χ1) is 9.63. The summed E-state index contributed by atoms with van der Waals surface area (Å²) in [5, 5.41) is 11.1. The second-order valence-corrected chi connectivity index (χ2v) is 6.56. The highest BCUT2D eigenvalue weighted by molar-refractivity contribution is 7.16. The largest absolute Gasteiger partial charge is 0.335 e. The minimum atomic E-state index is -0.131. The van der Waals surface area contributed by atoms with Gasteiger partial charge in [0.25, 0.3) is 5.91 Å². The van der Waals surface area contributed by atoms with Crippen molar-refractivity contribution in [2.75, 3.05) is 20.1 Å². The first-order valence-electron chi connectivity index (χ1n) is 6.25. The fourth-order valence-electron chi connectivity index (χ4n) is 1.95. The second kappa shape index (κ2) is 5.51. The first-order valence-corrected chi connectivity index (χ1v) is 7.45. The van der Waals surface area contributed by atoms with Crippen LogP contribution in [0.3, 0.4) is 0 Å². The molecule has 3 heterocycles. The molecular weight excluding hydrogens is 298 g/mol. The molecule has 1 aliphatic heterocycles. The number of carbonyl (C=O) groups excluding carboxylic acids is 1. The third-order valence-electron chi connectivity index (χ3n) is 3.23. The Bertz CT molecular complexity index is 621. The Hall–Kier alpha value is -1.44. The molecule has 0 radical (unpaired) electrons. The monoisotopic (exact) mass is 311 g/mol. The van der Waals surface area contributed by atoms with E-state index in [4.69, 9.17) is 11.6 Å². The summed E-state index contributed by atoms with van der Waals surface area (Å²) in [6.45, 7) is 2.27. The Morgan fingerprint density at radius 3 is 3.00 bits per heavy atom. The maximum atomic E-state index is 12.3. The summed E-state index contributed by atoms with van der Waals surface area (Å²) in [5.41, 5.74) is 0.377. The lowest BCUT2D eigenvalue weighted by Gasteiger charge is -2.26. The molecule has 0 unspecified atom stereocenters. The highest BCUT2D eigenvalue weighted by Gasteiger charge is 2.23. The molecule has 1 saturated heterocycles. The summed E-state index contributed by atoms with van der Waals surface area (Å²) in [6, 6.07) is 4.07. The molecule has 20 heavy (non-hydrogen) atoms. The van der Waals surface area contributed by atoms with Crippen LogP contribution in [0.4, 0.5) is 0 Å². The fourth-order valence-corrected chi connectivity index (χ4v) is 3.09. The summed E-state index contributed by atoms with van der Waals surface area (Å²) in [5.74, 6) is -0.131. The zero-order valence-corrected chi connectivity index (χ0v) is 12.5. The molecule has 6 nitrogen and oxygen atoms in total. The van der Waals surface area contributed by atoms with Gasteiger partial charge >= 0.3 is 0 Å². The van der Waals surface area contributed by atoms with Crippen LogP contribution in [-0.2, 0) is 6.54 Å². The molecule has 1 amide bonds. The molecule has 0 atom stereocenters. The lowest BCUT2D eigenvalue weighted by atomic mass is 10.2. The maximum absolute atomic E-state index is 12.3. The van der Waals surface area contributed by atoms with Crippen molar-refractivity contribution >= 4 is 28.8 Å². The Morgan fingerprint density at radius 1 is 1.60 bits per heavy atom. The number of hydrogen-bond donors (Lipinski definition) is 1. The van der Waals surface area contributed by atoms with Gasteiger partial charge in [-0.1, -0.05) is 16.8 Å². The highest BCUT2D eigenvalue weighted by atomic mass is 35.5. The van der Waals surface area contributed by atoms with E-state index in [2.05, 4.69) is 15.6 Å². The quantitative estimate of drug-likeness (QED) is 0.927. The van der Waals surface area contributed by atoms with Gasteiger partial charge in [0.2, 0.25) is 0 Å². The number of hydrogen-bond acceptors (Lipinski definition) is 5. The van der Waals surface area contributed by atoms with Crippen molar-refractivity contribution in [3.05, 3.63) is 33.2 Å². The number of nitrogens with zero attached hydrogens (tertiary/aromatic N) is 4. The molecule has 8 heteroatoms. The zero-order chi connectivity index (χ0) is 14.1. The Morgan fingerprint density at radius 2 is 2.40 bits per heavy atom. The molecule has 2 aromatic rings. The van der Waals surface area contributed by atoms with Gasteiger partial charge < -0.3 is 10.2 Å². The minimum absolute atomic E-state index is 0.131. The average Bonchev–Trinajstić information content (AvgIpc) is 2.96. The van der Waals surface area contributed by atoms with E-state index in [1.54, 1.807) is 22.8 Å². The smallest absolute Gasteiger partial charge is 0.276 e. The van der Waals surface area contributed by atoms with E-state index >= 15 is 0 Å². The van der Waals surface area contributed by atoms with E-state index in [-0.39, 0.29) is 5.91 Å². The van der Waals surface area contributed by atoms with Crippen LogP contribution in [0.25, 0.3) is 0 Å². The van der Waals surface area contributed by atoms with Crippen molar-refractivity contribution in [2.45, 2.75) is 12.6 Å². The van der Waals surface area contributed by atoms with E-state index in [9.17, 15) is 4.79 Å². The van der Waals surface area contributed by atoms with Gasteiger partial charge in [0.1, 0.15) is 0 Å². The standard InChI is InChI=1S/C12H14ClN5OS/c1-17(6-9-2-3-11(13)20-9)12(19)10-7-18(16-15-10)8-4-14-5-8/h2-3,7-8,14H,4-6H2,1H3. The van der Waals surface area contributed by atoms with E-state index in [1.807, 2.05) is 12.1 Å². The molecule has 0 aromatic carbocycles. The molecule has 3 rings (SSSR count). The minimum Gasteiger partial charge on any atom is -0.335 e. The molecule has 1 aliphatic rings. The summed E-state index contributed by atoms with van der Waals surface area (Å²) in [6.07, 6.45) is 1.71. The summed E-state index contributed by atoms with van der Waals surface area (Å²) in [7, 11) is 1.75. The van der Waals surface area contributed by atoms with Crippen LogP contribution in [0.1, 0.15) is 21.4 Å². The highest BCUT2D eigenvalue weighted by Crippen LogP contribution is 2.22. The van der Waals surface area contributed by atoms with Crippen LogP contribution >= 0.6 is 22.9 Å². The van der Waals surface area contributed by atoms with Gasteiger partial charge in [-0.05, 0) is 12.1 Å². The van der Waals surface area contributed by atoms with Crippen LogP contribution in [0.2, 0.25) is 4.34 Å². The van der Waals surface area contributed by atoms with Gasteiger partial charge in [-0.2, -0.15) is 0 Å². The number of nitrogens with one attached hydrogen (secondary N) is 1. The van der Waals surface area contributed by atoms with Crippen molar-refractivity contribution in [3.8, 4) is 0 Å². The van der Waals surface area contributed by atoms with Crippen LogP contribution in [0, 0.1) is 0 Å². The van der Waals surface area contributed by atoms with Crippen molar-refractivity contribution < 1.29 is 4.79 Å². The molecule has 0 aliphatic carbocycles. The van der Waals surface area contributed by atoms with Crippen molar-refractivity contribution in [1.29, 1.82) is 0 Å². The van der Waals surface area contributed by atoms with Crippen LogP contribution in [-0.4, -0.2) is 45.9 Å². The predicted molar refractivity (Wildman–Crippen MR) is 77.1 cm³/mol. The van der Waals surface area contributed by atoms with Gasteiger partial charge in [0.05, 0.1) is 23.1 Å². The third kappa shape index (κ3) is 2.70. The lowest BCUT2D eigenvalue weighted by molar-refractivity contribution is 0.0780. The van der Waals surface area contributed by atoms with Gasteiger partial charge in [-0.3, -0.25) is 4.79 Å². The van der Waals surface area contributed by atoms with E-state index in [1.165, 1.54) is 11.3 Å². The van der Waals surface area contributed by atoms with Crippen LogP contribution < -0.4 is 5.32 Å². The number of rotatable bonds is 4. The van der Waals surface area contributed by atoms with E-state index in [0.717, 1.165) is 22.3 Å². The maximum Gasteiger partial charge on any atom is 0.276 e. The topological polar surface area (TPSA) is 63.1 Å². The second-order valence-electron chi connectivity index (χ2n) is 4.76. The number of halogens is 1. The molecule has 2 aromatic heterocycles. The predicted octanol–water partition coefficient (Wildman–Crippen LogP) is 1.41. The van der Waals surface area contributed by atoms with E-state index < -0.39 is 0 Å². The number of amides is 1. The van der Waals surface area contributed by atoms with Crippen LogP contribution in [0.15, 0.2) is 18.3 Å². The van der Waals surface area contributed by atoms with Crippen LogP contribution in [0.5, 0.6) is 0 Å². The lowest BCUT2D eigenvalue weighted by Crippen LogP contribution is -2.43. The SMILES string of the molecule is CN(Cc1ccc(Cl)s1)C(=O)c1cn(C2CNC2)nn1. The Kier molecular flexibility index (Phi) is 3.73. The molecule has 1 N–H and O–H groups in total. The molecule has 0 saturated carbocycles. The molecule has 1 fully saturated rings. The molecule has 0 bridgehead atoms. The molecule has 0 spiro atoms.